The molecule has 2 N–H and O–H groups in total. The first kappa shape index (κ1) is 19.4. The maximum Gasteiger partial charge on any atom is 0.238 e. The van der Waals surface area contributed by atoms with Crippen LogP contribution in [0.4, 0.5) is 5.69 Å². The Labute approximate surface area is 150 Å². The molecule has 1 aromatic rings. The second-order valence-electron chi connectivity index (χ2n) is 6.51. The molecular weight excluding hydrogens is 316 g/mol. The average molecular weight is 346 g/mol. The summed E-state index contributed by atoms with van der Waals surface area (Å²) in [7, 11) is 1.81. The van der Waals surface area contributed by atoms with Crippen molar-refractivity contribution in [3.8, 4) is 0 Å². The largest absolute Gasteiger partial charge is 0.339 e. The fourth-order valence-electron chi connectivity index (χ4n) is 3.13. The molecule has 0 aromatic heterocycles. The number of hydrogen-bond acceptors (Lipinski definition) is 4. The third kappa shape index (κ3) is 5.54. The number of amides is 2. The monoisotopic (exact) mass is 346 g/mol. The summed E-state index contributed by atoms with van der Waals surface area (Å²) in [5.41, 5.74) is 3.22. The van der Waals surface area contributed by atoms with Gasteiger partial charge < -0.3 is 15.5 Å². The first-order valence-corrected chi connectivity index (χ1v) is 9.12. The number of carbonyl (C=O) groups excluding carboxylic acids is 2. The van der Waals surface area contributed by atoms with E-state index in [1.807, 2.05) is 30.1 Å². The van der Waals surface area contributed by atoms with Crippen LogP contribution in [0.3, 0.4) is 0 Å². The lowest BCUT2D eigenvalue weighted by Gasteiger charge is -2.29. The van der Waals surface area contributed by atoms with Crippen molar-refractivity contribution in [2.45, 2.75) is 26.7 Å². The topological polar surface area (TPSA) is 64.7 Å². The van der Waals surface area contributed by atoms with Crippen LogP contribution in [0.1, 0.15) is 25.0 Å². The average Bonchev–Trinajstić information content (AvgIpc) is 2.62. The van der Waals surface area contributed by atoms with Crippen molar-refractivity contribution in [1.82, 2.24) is 15.1 Å². The molecule has 1 aromatic carbocycles. The van der Waals surface area contributed by atoms with Crippen LogP contribution in [0, 0.1) is 0 Å². The van der Waals surface area contributed by atoms with Crippen LogP contribution < -0.4 is 10.6 Å². The Bertz CT molecular complexity index is 575. The van der Waals surface area contributed by atoms with Gasteiger partial charge in [-0.1, -0.05) is 32.0 Å². The van der Waals surface area contributed by atoms with Gasteiger partial charge in [-0.25, -0.2) is 0 Å². The van der Waals surface area contributed by atoms with E-state index in [9.17, 15) is 9.59 Å². The van der Waals surface area contributed by atoms with Gasteiger partial charge in [-0.15, -0.1) is 0 Å². The number of benzene rings is 1. The lowest BCUT2D eigenvalue weighted by molar-refractivity contribution is -0.133. The number of anilines is 1. The predicted octanol–water partition coefficient (Wildman–Crippen LogP) is 1.11. The van der Waals surface area contributed by atoms with Crippen molar-refractivity contribution < 1.29 is 9.59 Å². The summed E-state index contributed by atoms with van der Waals surface area (Å²) in [5, 5.41) is 6.28. The summed E-state index contributed by atoms with van der Waals surface area (Å²) in [5.74, 6) is 0.00576. The molecule has 1 aliphatic heterocycles. The molecule has 138 valence electrons. The van der Waals surface area contributed by atoms with Crippen molar-refractivity contribution in [2.75, 3.05) is 51.6 Å². The maximum atomic E-state index is 12.4. The van der Waals surface area contributed by atoms with E-state index in [4.69, 9.17) is 0 Å². The fourth-order valence-corrected chi connectivity index (χ4v) is 3.13. The van der Waals surface area contributed by atoms with Crippen molar-refractivity contribution >= 4 is 17.5 Å². The Morgan fingerprint density at radius 3 is 2.28 bits per heavy atom. The summed E-state index contributed by atoms with van der Waals surface area (Å²) < 4.78 is 0. The third-order valence-corrected chi connectivity index (χ3v) is 4.55. The van der Waals surface area contributed by atoms with Crippen molar-refractivity contribution in [2.24, 2.45) is 0 Å². The SMILES string of the molecule is CCc1cccc(CC)c1NC(=O)CN(C)CC(=O)N1CCNCC1. The van der Waals surface area contributed by atoms with E-state index in [0.29, 0.717) is 0 Å². The van der Waals surface area contributed by atoms with Crippen molar-refractivity contribution in [1.29, 1.82) is 0 Å². The number of likely N-dealkylation sites (N-methyl/N-ethyl adjacent to an activating group) is 1. The first-order valence-electron chi connectivity index (χ1n) is 9.12. The molecule has 25 heavy (non-hydrogen) atoms. The van der Waals surface area contributed by atoms with Gasteiger partial charge >= 0.3 is 0 Å². The Morgan fingerprint density at radius 1 is 1.12 bits per heavy atom. The number of nitrogens with zero attached hydrogens (tertiary/aromatic N) is 2. The molecule has 0 aliphatic carbocycles. The van der Waals surface area contributed by atoms with E-state index in [0.717, 1.165) is 55.8 Å². The number of aryl methyl sites for hydroxylation is 2. The number of piperazine rings is 1. The lowest BCUT2D eigenvalue weighted by atomic mass is 10.0. The number of para-hydroxylation sites is 1. The van der Waals surface area contributed by atoms with Gasteiger partial charge in [0.2, 0.25) is 11.8 Å². The molecule has 0 saturated carbocycles. The molecule has 0 unspecified atom stereocenters. The van der Waals surface area contributed by atoms with Crippen LogP contribution in [0.2, 0.25) is 0 Å². The zero-order valence-corrected chi connectivity index (χ0v) is 15.6. The van der Waals surface area contributed by atoms with Gasteiger partial charge in [0.25, 0.3) is 0 Å². The molecule has 0 spiro atoms. The molecule has 1 fully saturated rings. The first-order chi connectivity index (χ1) is 12.0. The standard InChI is InChI=1S/C19H30N4O2/c1-4-15-7-6-8-16(5-2)19(15)21-17(24)13-22(3)14-18(25)23-11-9-20-10-12-23/h6-8,20H,4-5,9-14H2,1-3H3,(H,21,24). The molecule has 1 saturated heterocycles. The van der Waals surface area contributed by atoms with Crippen molar-refractivity contribution in [3.05, 3.63) is 29.3 Å². The highest BCUT2D eigenvalue weighted by atomic mass is 16.2. The summed E-state index contributed by atoms with van der Waals surface area (Å²) in [6.07, 6.45) is 1.75. The molecule has 2 rings (SSSR count). The van der Waals surface area contributed by atoms with Gasteiger partial charge in [-0.2, -0.15) is 0 Å². The minimum Gasteiger partial charge on any atom is -0.339 e. The fraction of sp³-hybridized carbons (Fsp3) is 0.579. The van der Waals surface area contributed by atoms with Crippen LogP contribution in [-0.4, -0.2) is 67.9 Å². The third-order valence-electron chi connectivity index (χ3n) is 4.55. The van der Waals surface area contributed by atoms with Gasteiger partial charge in [-0.3, -0.25) is 14.5 Å². The smallest absolute Gasteiger partial charge is 0.238 e. The number of nitrogens with one attached hydrogen (secondary N) is 2. The summed E-state index contributed by atoms with van der Waals surface area (Å²) in [6, 6.07) is 6.13. The number of rotatable bonds is 7. The summed E-state index contributed by atoms with van der Waals surface area (Å²) in [4.78, 5) is 28.3. The Kier molecular flexibility index (Phi) is 7.40. The van der Waals surface area contributed by atoms with E-state index in [-0.39, 0.29) is 24.9 Å². The molecule has 1 heterocycles. The van der Waals surface area contributed by atoms with Crippen LogP contribution in [0.15, 0.2) is 18.2 Å². The predicted molar refractivity (Wildman–Crippen MR) is 101 cm³/mol. The highest BCUT2D eigenvalue weighted by Crippen LogP contribution is 2.22. The second kappa shape index (κ2) is 9.53. The quantitative estimate of drug-likeness (QED) is 0.776. The molecule has 2 amide bonds. The number of hydrogen-bond donors (Lipinski definition) is 2. The molecule has 0 bridgehead atoms. The molecular formula is C19H30N4O2. The lowest BCUT2D eigenvalue weighted by Crippen LogP contribution is -2.49. The Balaban J connectivity index is 1.90. The number of carbonyl (C=O) groups is 2. The maximum absolute atomic E-state index is 12.4. The Morgan fingerprint density at radius 2 is 1.72 bits per heavy atom. The van der Waals surface area contributed by atoms with Gasteiger partial charge in [0.05, 0.1) is 13.1 Å². The molecule has 1 aliphatic rings. The zero-order chi connectivity index (χ0) is 18.2. The van der Waals surface area contributed by atoms with Gasteiger partial charge in [0.1, 0.15) is 0 Å². The Hall–Kier alpha value is -1.92. The van der Waals surface area contributed by atoms with Gasteiger partial charge in [-0.05, 0) is 31.0 Å². The second-order valence-corrected chi connectivity index (χ2v) is 6.51. The van der Waals surface area contributed by atoms with Crippen LogP contribution in [-0.2, 0) is 22.4 Å². The molecule has 6 nitrogen and oxygen atoms in total. The summed E-state index contributed by atoms with van der Waals surface area (Å²) >= 11 is 0. The van der Waals surface area contributed by atoms with E-state index >= 15 is 0 Å². The van der Waals surface area contributed by atoms with E-state index in [1.165, 1.54) is 0 Å². The van der Waals surface area contributed by atoms with Crippen molar-refractivity contribution in [3.63, 3.8) is 0 Å². The normalized spacial score (nSPS) is 14.6. The minimum absolute atomic E-state index is 0.0776. The molecule has 6 heteroatoms. The molecule has 0 atom stereocenters. The highest BCUT2D eigenvalue weighted by molar-refractivity contribution is 5.94. The zero-order valence-electron chi connectivity index (χ0n) is 15.6. The van der Waals surface area contributed by atoms with Gasteiger partial charge in [0.15, 0.2) is 0 Å². The van der Waals surface area contributed by atoms with Crippen LogP contribution in [0.25, 0.3) is 0 Å². The van der Waals surface area contributed by atoms with Gasteiger partial charge in [0, 0.05) is 31.9 Å². The highest BCUT2D eigenvalue weighted by Gasteiger charge is 2.19. The van der Waals surface area contributed by atoms with Crippen LogP contribution >= 0.6 is 0 Å². The van der Waals surface area contributed by atoms with Crippen LogP contribution in [0.5, 0.6) is 0 Å². The van der Waals surface area contributed by atoms with E-state index < -0.39 is 0 Å². The minimum atomic E-state index is -0.0776. The van der Waals surface area contributed by atoms with E-state index in [1.54, 1.807) is 4.90 Å². The summed E-state index contributed by atoms with van der Waals surface area (Å²) in [6.45, 7) is 7.80. The molecule has 0 radical (unpaired) electrons. The van der Waals surface area contributed by atoms with E-state index in [2.05, 4.69) is 24.5 Å².